The van der Waals surface area contributed by atoms with Gasteiger partial charge in [0, 0.05) is 6.04 Å². The number of ether oxygens (including phenoxy) is 1. The molecular formula is C15H18F3NO4S. The van der Waals surface area contributed by atoms with Crippen LogP contribution in [0.4, 0.5) is 13.2 Å². The average Bonchev–Trinajstić information content (AvgIpc) is 2.53. The zero-order valence-electron chi connectivity index (χ0n) is 13.0. The molecule has 134 valence electrons. The highest BCUT2D eigenvalue weighted by atomic mass is 32.2. The second-order valence-electron chi connectivity index (χ2n) is 5.68. The maximum absolute atomic E-state index is 13.1. The highest BCUT2D eigenvalue weighted by Gasteiger charge is 2.46. The predicted molar refractivity (Wildman–Crippen MR) is 79.9 cm³/mol. The molecule has 5 nitrogen and oxygen atoms in total. The van der Waals surface area contributed by atoms with Crippen molar-refractivity contribution in [2.24, 2.45) is 5.92 Å². The van der Waals surface area contributed by atoms with Crippen LogP contribution in [0.25, 0.3) is 0 Å². The van der Waals surface area contributed by atoms with E-state index in [2.05, 4.69) is 9.46 Å². The van der Waals surface area contributed by atoms with Crippen LogP contribution in [0.1, 0.15) is 36.0 Å². The summed E-state index contributed by atoms with van der Waals surface area (Å²) in [6.45, 7) is 0. The van der Waals surface area contributed by atoms with Gasteiger partial charge < -0.3 is 4.74 Å². The summed E-state index contributed by atoms with van der Waals surface area (Å²) in [5.41, 5.74) is 0.0105. The van der Waals surface area contributed by atoms with Gasteiger partial charge in [0.1, 0.15) is 0 Å². The molecule has 1 aliphatic carbocycles. The first kappa shape index (κ1) is 18.7. The van der Waals surface area contributed by atoms with Gasteiger partial charge in [0.15, 0.2) is 0 Å². The first-order chi connectivity index (χ1) is 11.1. The van der Waals surface area contributed by atoms with E-state index in [1.807, 2.05) is 0 Å². The number of carbonyl (C=O) groups is 1. The fraction of sp³-hybridized carbons (Fsp3) is 0.533. The SMILES string of the molecule is COC(=O)c1cccc(S(=O)(=O)N[C@@H]2CCCC[C@@H]2C(F)(F)F)c1. The number of hydrogen-bond acceptors (Lipinski definition) is 4. The summed E-state index contributed by atoms with van der Waals surface area (Å²) in [5, 5.41) is 0. The van der Waals surface area contributed by atoms with E-state index in [0.29, 0.717) is 12.8 Å². The fourth-order valence-electron chi connectivity index (χ4n) is 2.84. The quantitative estimate of drug-likeness (QED) is 0.833. The Hall–Kier alpha value is -1.61. The minimum Gasteiger partial charge on any atom is -0.465 e. The zero-order chi connectivity index (χ0) is 18.0. The maximum Gasteiger partial charge on any atom is 0.393 e. The number of sulfonamides is 1. The van der Waals surface area contributed by atoms with Crippen LogP contribution in [0.3, 0.4) is 0 Å². The third-order valence-corrected chi connectivity index (χ3v) is 5.55. The molecule has 1 N–H and O–H groups in total. The van der Waals surface area contributed by atoms with Gasteiger partial charge in [0.05, 0.1) is 23.5 Å². The molecule has 0 aromatic heterocycles. The fourth-order valence-corrected chi connectivity index (χ4v) is 4.20. The van der Waals surface area contributed by atoms with E-state index in [0.717, 1.165) is 13.2 Å². The van der Waals surface area contributed by atoms with Gasteiger partial charge in [0.2, 0.25) is 10.0 Å². The molecule has 1 fully saturated rings. The Morgan fingerprint density at radius 3 is 2.54 bits per heavy atom. The molecule has 9 heteroatoms. The lowest BCUT2D eigenvalue weighted by Gasteiger charge is -2.33. The molecule has 0 aliphatic heterocycles. The molecule has 0 radical (unpaired) electrons. The van der Waals surface area contributed by atoms with Crippen LogP contribution in [0.5, 0.6) is 0 Å². The van der Waals surface area contributed by atoms with Crippen LogP contribution >= 0.6 is 0 Å². The van der Waals surface area contributed by atoms with Crippen molar-refractivity contribution in [1.29, 1.82) is 0 Å². The highest BCUT2D eigenvalue weighted by molar-refractivity contribution is 7.89. The average molecular weight is 365 g/mol. The van der Waals surface area contributed by atoms with Gasteiger partial charge in [-0.25, -0.2) is 17.9 Å². The summed E-state index contributed by atoms with van der Waals surface area (Å²) in [7, 11) is -3.02. The lowest BCUT2D eigenvalue weighted by atomic mass is 9.85. The Morgan fingerprint density at radius 1 is 1.25 bits per heavy atom. The summed E-state index contributed by atoms with van der Waals surface area (Å²) in [6, 6.07) is 3.80. The van der Waals surface area contributed by atoms with E-state index in [4.69, 9.17) is 0 Å². The first-order valence-electron chi connectivity index (χ1n) is 7.42. The lowest BCUT2D eigenvalue weighted by molar-refractivity contribution is -0.187. The van der Waals surface area contributed by atoms with E-state index >= 15 is 0 Å². The molecule has 2 atom stereocenters. The topological polar surface area (TPSA) is 72.5 Å². The van der Waals surface area contributed by atoms with E-state index in [1.165, 1.54) is 18.2 Å². The first-order valence-corrected chi connectivity index (χ1v) is 8.91. The van der Waals surface area contributed by atoms with Crippen molar-refractivity contribution in [3.05, 3.63) is 29.8 Å². The van der Waals surface area contributed by atoms with E-state index in [-0.39, 0.29) is 23.3 Å². The summed E-state index contributed by atoms with van der Waals surface area (Å²) < 4.78 is 70.7. The standard InChI is InChI=1S/C15H18F3NO4S/c1-23-14(20)10-5-4-6-11(9-10)24(21,22)19-13-8-3-2-7-12(13)15(16,17)18/h4-6,9,12-13,19H,2-3,7-8H2,1H3/t12-,13+/m0/s1. The Kier molecular flexibility index (Phi) is 5.54. The summed E-state index contributed by atoms with van der Waals surface area (Å²) in [4.78, 5) is 11.2. The van der Waals surface area contributed by atoms with Crippen molar-refractivity contribution >= 4 is 16.0 Å². The van der Waals surface area contributed by atoms with Gasteiger partial charge in [-0.1, -0.05) is 18.9 Å². The number of hydrogen-bond donors (Lipinski definition) is 1. The molecule has 0 spiro atoms. The van der Waals surface area contributed by atoms with Crippen molar-refractivity contribution < 1.29 is 31.1 Å². The van der Waals surface area contributed by atoms with Crippen LogP contribution in [-0.4, -0.2) is 33.7 Å². The third kappa shape index (κ3) is 4.27. The molecule has 0 unspecified atom stereocenters. The van der Waals surface area contributed by atoms with Crippen LogP contribution in [0, 0.1) is 5.92 Å². The van der Waals surface area contributed by atoms with Gasteiger partial charge in [0.25, 0.3) is 0 Å². The Balaban J connectivity index is 2.26. The van der Waals surface area contributed by atoms with Crippen LogP contribution in [0.15, 0.2) is 29.2 Å². The molecule has 0 heterocycles. The van der Waals surface area contributed by atoms with Crippen molar-refractivity contribution in [2.45, 2.75) is 42.8 Å². The van der Waals surface area contributed by atoms with Crippen molar-refractivity contribution in [3.8, 4) is 0 Å². The summed E-state index contributed by atoms with van der Waals surface area (Å²) >= 11 is 0. The van der Waals surface area contributed by atoms with Gasteiger partial charge >= 0.3 is 12.1 Å². The largest absolute Gasteiger partial charge is 0.465 e. The molecule has 24 heavy (non-hydrogen) atoms. The molecule has 2 rings (SSSR count). The zero-order valence-corrected chi connectivity index (χ0v) is 13.8. The van der Waals surface area contributed by atoms with Gasteiger partial charge in [-0.2, -0.15) is 13.2 Å². The van der Waals surface area contributed by atoms with E-state index in [9.17, 15) is 26.4 Å². The van der Waals surface area contributed by atoms with E-state index in [1.54, 1.807) is 0 Å². The Labute approximate surface area is 138 Å². The van der Waals surface area contributed by atoms with Gasteiger partial charge in [-0.3, -0.25) is 0 Å². The minimum atomic E-state index is -4.46. The molecule has 1 aromatic rings. The Morgan fingerprint density at radius 2 is 1.92 bits per heavy atom. The number of methoxy groups -OCH3 is 1. The molecule has 0 bridgehead atoms. The van der Waals surface area contributed by atoms with Crippen LogP contribution < -0.4 is 4.72 Å². The number of esters is 1. The molecule has 0 saturated heterocycles. The van der Waals surface area contributed by atoms with E-state index < -0.39 is 34.1 Å². The van der Waals surface area contributed by atoms with Crippen molar-refractivity contribution in [2.75, 3.05) is 7.11 Å². The number of halogens is 3. The van der Waals surface area contributed by atoms with Crippen molar-refractivity contribution in [3.63, 3.8) is 0 Å². The van der Waals surface area contributed by atoms with Gasteiger partial charge in [-0.15, -0.1) is 0 Å². The number of carbonyl (C=O) groups excluding carboxylic acids is 1. The molecule has 1 aliphatic rings. The smallest absolute Gasteiger partial charge is 0.393 e. The second-order valence-corrected chi connectivity index (χ2v) is 7.39. The van der Waals surface area contributed by atoms with Gasteiger partial charge in [-0.05, 0) is 31.0 Å². The summed E-state index contributed by atoms with van der Waals surface area (Å²) in [6.07, 6.45) is -3.48. The summed E-state index contributed by atoms with van der Waals surface area (Å²) in [5.74, 6) is -2.43. The number of rotatable bonds is 4. The molecule has 1 aromatic carbocycles. The molecule has 0 amide bonds. The highest BCUT2D eigenvalue weighted by Crippen LogP contribution is 2.38. The monoisotopic (exact) mass is 365 g/mol. The maximum atomic E-state index is 13.1. The third-order valence-electron chi connectivity index (χ3n) is 4.06. The van der Waals surface area contributed by atoms with Crippen molar-refractivity contribution in [1.82, 2.24) is 4.72 Å². The predicted octanol–water partition coefficient (Wildman–Crippen LogP) is 2.87. The Bertz CT molecular complexity index is 703. The number of alkyl halides is 3. The molecule has 1 saturated carbocycles. The number of benzene rings is 1. The lowest BCUT2D eigenvalue weighted by Crippen LogP contribution is -2.47. The molecular weight excluding hydrogens is 347 g/mol. The second kappa shape index (κ2) is 7.10. The minimum absolute atomic E-state index is 0.0105. The van der Waals surface area contributed by atoms with Crippen LogP contribution in [-0.2, 0) is 14.8 Å². The normalized spacial score (nSPS) is 22.2. The van der Waals surface area contributed by atoms with Crippen LogP contribution in [0.2, 0.25) is 0 Å². The number of nitrogens with one attached hydrogen (secondary N) is 1.